The summed E-state index contributed by atoms with van der Waals surface area (Å²) in [4.78, 5) is 4.91. The first kappa shape index (κ1) is 18.4. The Balaban J connectivity index is 1.41. The molecular weight excluding hydrogens is 380 g/mol. The van der Waals surface area contributed by atoms with E-state index < -0.39 is 0 Å². The maximum Gasteiger partial charge on any atom is 0.210 e. The predicted molar refractivity (Wildman–Crippen MR) is 115 cm³/mol. The highest BCUT2D eigenvalue weighted by Gasteiger charge is 2.21. The number of benzene rings is 2. The number of rotatable bonds is 6. The molecule has 0 radical (unpaired) electrons. The van der Waals surface area contributed by atoms with E-state index in [1.54, 1.807) is 11.8 Å². The molecule has 5 rings (SSSR count). The fraction of sp³-hybridized carbons (Fsp3) is 0.364. The molecule has 29 heavy (non-hydrogen) atoms. The molecule has 7 heteroatoms. The minimum atomic E-state index is 0.435. The first-order chi connectivity index (χ1) is 14.4. The summed E-state index contributed by atoms with van der Waals surface area (Å²) >= 11 is 1.68. The quantitative estimate of drug-likeness (QED) is 0.429. The second-order valence-corrected chi connectivity index (χ2v) is 8.52. The van der Waals surface area contributed by atoms with Crippen molar-refractivity contribution in [2.75, 3.05) is 0 Å². The molecule has 148 valence electrons. The highest BCUT2D eigenvalue weighted by molar-refractivity contribution is 7.98. The number of tetrazole rings is 1. The van der Waals surface area contributed by atoms with Crippen molar-refractivity contribution < 1.29 is 0 Å². The number of imidazole rings is 1. The minimum Gasteiger partial charge on any atom is -0.323 e. The van der Waals surface area contributed by atoms with Crippen LogP contribution < -0.4 is 0 Å². The smallest absolute Gasteiger partial charge is 0.210 e. The lowest BCUT2D eigenvalue weighted by atomic mass is 9.96. The molecule has 0 N–H and O–H groups in total. The Morgan fingerprint density at radius 2 is 1.72 bits per heavy atom. The van der Waals surface area contributed by atoms with E-state index in [-0.39, 0.29) is 0 Å². The van der Waals surface area contributed by atoms with Gasteiger partial charge >= 0.3 is 0 Å². The van der Waals surface area contributed by atoms with Crippen LogP contribution in [0.25, 0.3) is 11.0 Å². The molecule has 0 bridgehead atoms. The van der Waals surface area contributed by atoms with E-state index in [4.69, 9.17) is 4.98 Å². The number of hydrogen-bond donors (Lipinski definition) is 0. The summed E-state index contributed by atoms with van der Waals surface area (Å²) in [5, 5.41) is 13.5. The van der Waals surface area contributed by atoms with Crippen molar-refractivity contribution in [3.8, 4) is 0 Å². The van der Waals surface area contributed by atoms with Crippen molar-refractivity contribution in [2.45, 2.75) is 55.6 Å². The Morgan fingerprint density at radius 1 is 0.931 bits per heavy atom. The summed E-state index contributed by atoms with van der Waals surface area (Å²) in [5.41, 5.74) is 3.47. The van der Waals surface area contributed by atoms with Crippen LogP contribution in [0.15, 0.2) is 59.8 Å². The molecule has 0 saturated heterocycles. The van der Waals surface area contributed by atoms with Crippen LogP contribution >= 0.6 is 11.8 Å². The molecule has 2 aromatic heterocycles. The van der Waals surface area contributed by atoms with Crippen molar-refractivity contribution in [2.24, 2.45) is 0 Å². The molecule has 0 amide bonds. The first-order valence-corrected chi connectivity index (χ1v) is 11.3. The summed E-state index contributed by atoms with van der Waals surface area (Å²) in [6.45, 7) is 0.810. The molecular formula is C22H24N6S. The van der Waals surface area contributed by atoms with Gasteiger partial charge in [0.25, 0.3) is 0 Å². The molecule has 1 saturated carbocycles. The largest absolute Gasteiger partial charge is 0.323 e. The maximum atomic E-state index is 4.91. The fourth-order valence-corrected chi connectivity index (χ4v) is 5.03. The Labute approximate surface area is 174 Å². The number of aromatic nitrogens is 6. The molecule has 1 aliphatic rings. The van der Waals surface area contributed by atoms with E-state index in [9.17, 15) is 0 Å². The van der Waals surface area contributed by atoms with Gasteiger partial charge in [-0.15, -0.1) is 5.10 Å². The van der Waals surface area contributed by atoms with Gasteiger partial charge in [0.1, 0.15) is 5.82 Å². The van der Waals surface area contributed by atoms with Gasteiger partial charge < -0.3 is 4.57 Å². The van der Waals surface area contributed by atoms with Crippen molar-refractivity contribution in [3.05, 3.63) is 66.0 Å². The van der Waals surface area contributed by atoms with Gasteiger partial charge in [0, 0.05) is 6.54 Å². The monoisotopic (exact) mass is 404 g/mol. The molecule has 1 fully saturated rings. The molecule has 1 aliphatic carbocycles. The normalized spacial score (nSPS) is 15.2. The highest BCUT2D eigenvalue weighted by Crippen LogP contribution is 2.31. The van der Waals surface area contributed by atoms with Crippen molar-refractivity contribution in [3.63, 3.8) is 0 Å². The van der Waals surface area contributed by atoms with E-state index in [0.29, 0.717) is 6.04 Å². The third-order valence-corrected chi connectivity index (χ3v) is 6.56. The standard InChI is InChI=1S/C22H24N6S/c1-3-9-17(10-4-1)15-27-20-14-8-7-13-19(20)23-21(27)16-29-22-24-25-26-28(22)18-11-5-2-6-12-18/h1,3-4,7-10,13-14,18H,2,5-6,11-12,15-16H2. The van der Waals surface area contributed by atoms with Gasteiger partial charge in [0.2, 0.25) is 5.16 Å². The Hall–Kier alpha value is -2.67. The van der Waals surface area contributed by atoms with Gasteiger partial charge in [-0.3, -0.25) is 0 Å². The number of hydrogen-bond acceptors (Lipinski definition) is 5. The van der Waals surface area contributed by atoms with Crippen LogP contribution in [0.4, 0.5) is 0 Å². The average molecular weight is 405 g/mol. The zero-order chi connectivity index (χ0) is 19.5. The lowest BCUT2D eigenvalue weighted by molar-refractivity contribution is 0.307. The summed E-state index contributed by atoms with van der Waals surface area (Å²) in [6, 6.07) is 19.3. The summed E-state index contributed by atoms with van der Waals surface area (Å²) < 4.78 is 4.35. The van der Waals surface area contributed by atoms with E-state index in [1.807, 2.05) is 10.7 Å². The van der Waals surface area contributed by atoms with Crippen LogP contribution in [0.1, 0.15) is 49.5 Å². The average Bonchev–Trinajstić information content (AvgIpc) is 3.38. The molecule has 4 aromatic rings. The van der Waals surface area contributed by atoms with Crippen LogP contribution in [0.2, 0.25) is 0 Å². The summed E-state index contributed by atoms with van der Waals surface area (Å²) in [5.74, 6) is 1.80. The van der Waals surface area contributed by atoms with E-state index in [0.717, 1.165) is 28.8 Å². The molecule has 0 unspecified atom stereocenters. The van der Waals surface area contributed by atoms with Gasteiger partial charge in [0.05, 0.1) is 22.8 Å². The molecule has 0 aliphatic heterocycles. The van der Waals surface area contributed by atoms with Crippen molar-refractivity contribution in [1.82, 2.24) is 29.8 Å². The predicted octanol–water partition coefficient (Wildman–Crippen LogP) is 4.87. The van der Waals surface area contributed by atoms with Gasteiger partial charge in [0.15, 0.2) is 0 Å². The van der Waals surface area contributed by atoms with Gasteiger partial charge in [-0.1, -0.05) is 73.5 Å². The van der Waals surface area contributed by atoms with Crippen LogP contribution in [-0.2, 0) is 12.3 Å². The SMILES string of the molecule is c1ccc(Cn2c(CSc3nnnn3C3CCCCC3)nc3ccccc32)cc1. The first-order valence-electron chi connectivity index (χ1n) is 10.3. The van der Waals surface area contributed by atoms with E-state index in [1.165, 1.54) is 43.2 Å². The van der Waals surface area contributed by atoms with Crippen LogP contribution in [0.5, 0.6) is 0 Å². The van der Waals surface area contributed by atoms with Crippen LogP contribution in [0.3, 0.4) is 0 Å². The second kappa shape index (κ2) is 8.37. The van der Waals surface area contributed by atoms with Gasteiger partial charge in [-0.25, -0.2) is 9.67 Å². The van der Waals surface area contributed by atoms with Crippen LogP contribution in [0, 0.1) is 0 Å². The molecule has 6 nitrogen and oxygen atoms in total. The zero-order valence-electron chi connectivity index (χ0n) is 16.3. The number of nitrogens with zero attached hydrogens (tertiary/aromatic N) is 6. The highest BCUT2D eigenvalue weighted by atomic mass is 32.2. The molecule has 2 heterocycles. The zero-order valence-corrected chi connectivity index (χ0v) is 17.1. The minimum absolute atomic E-state index is 0.435. The van der Waals surface area contributed by atoms with Crippen molar-refractivity contribution in [1.29, 1.82) is 0 Å². The number of thioether (sulfide) groups is 1. The topological polar surface area (TPSA) is 61.4 Å². The van der Waals surface area contributed by atoms with Crippen molar-refractivity contribution >= 4 is 22.8 Å². The molecule has 2 aromatic carbocycles. The summed E-state index contributed by atoms with van der Waals surface area (Å²) in [6.07, 6.45) is 6.20. The lowest BCUT2D eigenvalue weighted by Gasteiger charge is -2.22. The number of fused-ring (bicyclic) bond motifs is 1. The third kappa shape index (κ3) is 3.92. The van der Waals surface area contributed by atoms with Gasteiger partial charge in [-0.05, 0) is 41.0 Å². The molecule has 0 spiro atoms. The maximum absolute atomic E-state index is 4.91. The Bertz CT molecular complexity index is 1080. The van der Waals surface area contributed by atoms with E-state index in [2.05, 4.69) is 68.6 Å². The second-order valence-electron chi connectivity index (χ2n) is 7.58. The van der Waals surface area contributed by atoms with Gasteiger partial charge in [-0.2, -0.15) is 0 Å². The van der Waals surface area contributed by atoms with E-state index >= 15 is 0 Å². The lowest BCUT2D eigenvalue weighted by Crippen LogP contribution is -2.15. The number of para-hydroxylation sites is 2. The Morgan fingerprint density at radius 3 is 2.59 bits per heavy atom. The fourth-order valence-electron chi connectivity index (χ4n) is 4.14. The molecule has 0 atom stereocenters. The summed E-state index contributed by atoms with van der Waals surface area (Å²) in [7, 11) is 0. The van der Waals surface area contributed by atoms with Crippen LogP contribution in [-0.4, -0.2) is 29.8 Å². The third-order valence-electron chi connectivity index (χ3n) is 5.63. The Kier molecular flexibility index (Phi) is 5.30.